The summed E-state index contributed by atoms with van der Waals surface area (Å²) in [7, 11) is 0. The highest BCUT2D eigenvalue weighted by molar-refractivity contribution is 7.17. The predicted molar refractivity (Wildman–Crippen MR) is 59.0 cm³/mol. The fourth-order valence-electron chi connectivity index (χ4n) is 1.65. The average molecular weight is 213 g/mol. The molecule has 1 aliphatic carbocycles. The van der Waals surface area contributed by atoms with Crippen molar-refractivity contribution in [3.63, 3.8) is 0 Å². The van der Waals surface area contributed by atoms with Crippen LogP contribution in [0.4, 0.5) is 0 Å². The maximum absolute atomic E-state index is 11.2. The molecule has 1 aromatic carbocycles. The topological polar surface area (TPSA) is 34.1 Å². The van der Waals surface area contributed by atoms with Gasteiger partial charge in [0.05, 0.1) is 0 Å². The molecular weight excluding hydrogens is 208 g/mol. The number of hydrogen-bond acceptors (Lipinski definition) is 3. The van der Waals surface area contributed by atoms with Crippen LogP contribution in [0.3, 0.4) is 0 Å². The fraction of sp³-hybridized carbons (Fsp3) is 0. The summed E-state index contributed by atoms with van der Waals surface area (Å²) < 4.78 is 1.91. The molecule has 0 aliphatic heterocycles. The first kappa shape index (κ1) is 8.56. The van der Waals surface area contributed by atoms with Crippen molar-refractivity contribution in [2.75, 3.05) is 0 Å². The van der Waals surface area contributed by atoms with Crippen LogP contribution >= 0.6 is 11.3 Å². The predicted octanol–water partition coefficient (Wildman–Crippen LogP) is 0.491. The molecule has 1 aliphatic rings. The number of hydrogen-bond donors (Lipinski definition) is 0. The van der Waals surface area contributed by atoms with E-state index in [1.807, 2.05) is 24.3 Å². The van der Waals surface area contributed by atoms with Crippen LogP contribution in [-0.2, 0) is 9.59 Å². The van der Waals surface area contributed by atoms with Gasteiger partial charge in [0.15, 0.2) is 0 Å². The average Bonchev–Trinajstić information content (AvgIpc) is 2.57. The van der Waals surface area contributed by atoms with Crippen LogP contribution in [0, 0.1) is 0 Å². The maximum atomic E-state index is 11.2. The third-order valence-corrected chi connectivity index (χ3v) is 3.47. The largest absolute Gasteiger partial charge is 0.285 e. The third kappa shape index (κ3) is 1.17. The Hall–Kier alpha value is -1.74. The van der Waals surface area contributed by atoms with Crippen molar-refractivity contribution in [1.82, 2.24) is 0 Å². The molecule has 0 bridgehead atoms. The van der Waals surface area contributed by atoms with Crippen LogP contribution in [-0.4, -0.2) is 11.6 Å². The molecule has 71 valence electrons. The van der Waals surface area contributed by atoms with Crippen molar-refractivity contribution in [3.8, 4) is 0 Å². The maximum Gasteiger partial charge on any atom is 0.234 e. The SMILES string of the molecule is O=C1[C]=c2c(sc3ccccc23)=CC1=O. The minimum absolute atomic E-state index is 0.478. The molecule has 2 nitrogen and oxygen atoms in total. The second kappa shape index (κ2) is 2.87. The van der Waals surface area contributed by atoms with E-state index in [9.17, 15) is 9.59 Å². The Morgan fingerprint density at radius 3 is 2.80 bits per heavy atom. The summed E-state index contributed by atoms with van der Waals surface area (Å²) in [5.74, 6) is -1.03. The van der Waals surface area contributed by atoms with Gasteiger partial charge in [-0.15, -0.1) is 11.3 Å². The smallest absolute Gasteiger partial charge is 0.234 e. The standard InChI is InChI=1S/C12H5O2S/c13-9-5-8-7-3-1-2-4-11(7)15-12(8)6-10(9)14/h1-4,6H. The molecule has 3 heteroatoms. The summed E-state index contributed by atoms with van der Waals surface area (Å²) in [4.78, 5) is 22.4. The van der Waals surface area contributed by atoms with Crippen LogP contribution in [0.2, 0.25) is 0 Å². The molecule has 1 aromatic heterocycles. The molecular formula is C12H5O2S. The van der Waals surface area contributed by atoms with Gasteiger partial charge in [-0.2, -0.15) is 0 Å². The minimum atomic E-state index is -0.550. The van der Waals surface area contributed by atoms with Gasteiger partial charge in [0.25, 0.3) is 0 Å². The van der Waals surface area contributed by atoms with E-state index in [0.717, 1.165) is 19.8 Å². The van der Waals surface area contributed by atoms with Crippen molar-refractivity contribution in [1.29, 1.82) is 0 Å². The quantitative estimate of drug-likeness (QED) is 0.597. The lowest BCUT2D eigenvalue weighted by Crippen LogP contribution is -2.29. The number of ketones is 2. The Morgan fingerprint density at radius 2 is 1.93 bits per heavy atom. The van der Waals surface area contributed by atoms with E-state index in [4.69, 9.17) is 0 Å². The molecule has 0 saturated heterocycles. The van der Waals surface area contributed by atoms with Gasteiger partial charge in [-0.05, 0) is 6.07 Å². The third-order valence-electron chi connectivity index (χ3n) is 2.35. The Balaban J connectivity index is 2.59. The highest BCUT2D eigenvalue weighted by Crippen LogP contribution is 2.12. The first-order valence-electron chi connectivity index (χ1n) is 4.47. The summed E-state index contributed by atoms with van der Waals surface area (Å²) in [6, 6.07) is 7.77. The molecule has 1 radical (unpaired) electrons. The molecule has 15 heavy (non-hydrogen) atoms. The highest BCUT2D eigenvalue weighted by Gasteiger charge is 2.15. The van der Waals surface area contributed by atoms with Crippen LogP contribution in [0.25, 0.3) is 22.2 Å². The molecule has 1 heterocycles. The fourth-order valence-corrected chi connectivity index (χ4v) is 2.75. The Kier molecular flexibility index (Phi) is 1.64. The first-order chi connectivity index (χ1) is 7.25. The van der Waals surface area contributed by atoms with E-state index in [1.165, 1.54) is 17.4 Å². The normalized spacial score (nSPS) is 14.7. The Labute approximate surface area is 89.2 Å². The van der Waals surface area contributed by atoms with Gasteiger partial charge in [-0.1, -0.05) is 18.2 Å². The zero-order valence-electron chi connectivity index (χ0n) is 7.61. The highest BCUT2D eigenvalue weighted by atomic mass is 32.1. The summed E-state index contributed by atoms with van der Waals surface area (Å²) in [6.07, 6.45) is 4.02. The van der Waals surface area contributed by atoms with E-state index < -0.39 is 11.6 Å². The van der Waals surface area contributed by atoms with Gasteiger partial charge in [0, 0.05) is 32.0 Å². The van der Waals surface area contributed by atoms with Gasteiger partial charge < -0.3 is 0 Å². The summed E-state index contributed by atoms with van der Waals surface area (Å²) in [5, 5.41) is 1.76. The van der Waals surface area contributed by atoms with Crippen molar-refractivity contribution >= 4 is 45.1 Å². The van der Waals surface area contributed by atoms with Gasteiger partial charge in [0.2, 0.25) is 11.6 Å². The second-order valence-corrected chi connectivity index (χ2v) is 4.38. The number of thiophene rings is 1. The van der Waals surface area contributed by atoms with E-state index in [2.05, 4.69) is 6.08 Å². The van der Waals surface area contributed by atoms with Crippen molar-refractivity contribution in [3.05, 3.63) is 34.0 Å². The summed E-state index contributed by atoms with van der Waals surface area (Å²) >= 11 is 1.51. The van der Waals surface area contributed by atoms with Gasteiger partial charge in [-0.3, -0.25) is 9.59 Å². The van der Waals surface area contributed by atoms with E-state index >= 15 is 0 Å². The Morgan fingerprint density at radius 1 is 1.13 bits per heavy atom. The lowest BCUT2D eigenvalue weighted by atomic mass is 10.1. The monoisotopic (exact) mass is 213 g/mol. The molecule has 0 amide bonds. The minimum Gasteiger partial charge on any atom is -0.285 e. The molecule has 2 aromatic rings. The molecule has 3 rings (SSSR count). The zero-order valence-corrected chi connectivity index (χ0v) is 8.43. The number of carbonyl (C=O) groups is 2. The van der Waals surface area contributed by atoms with Crippen LogP contribution in [0.1, 0.15) is 0 Å². The molecule has 0 atom stereocenters. The van der Waals surface area contributed by atoms with Gasteiger partial charge in [0.1, 0.15) is 0 Å². The van der Waals surface area contributed by atoms with Crippen LogP contribution in [0.5, 0.6) is 0 Å². The van der Waals surface area contributed by atoms with E-state index in [1.54, 1.807) is 0 Å². The number of rotatable bonds is 0. The number of Topliss-reactive ketones (excluding diaryl/α,β-unsaturated/α-hetero) is 2. The van der Waals surface area contributed by atoms with E-state index in [0.29, 0.717) is 0 Å². The number of fused-ring (bicyclic) bond motifs is 3. The van der Waals surface area contributed by atoms with Crippen molar-refractivity contribution in [2.24, 2.45) is 0 Å². The van der Waals surface area contributed by atoms with E-state index in [-0.39, 0.29) is 0 Å². The van der Waals surface area contributed by atoms with Crippen molar-refractivity contribution < 1.29 is 9.59 Å². The van der Waals surface area contributed by atoms with Crippen LogP contribution < -0.4 is 9.75 Å². The zero-order chi connectivity index (χ0) is 10.4. The molecule has 0 unspecified atom stereocenters. The molecule has 0 fully saturated rings. The Bertz CT molecular complexity index is 707. The summed E-state index contributed by atoms with van der Waals surface area (Å²) in [5.41, 5.74) is 0. The molecule has 0 N–H and O–H groups in total. The molecule has 0 spiro atoms. The van der Waals surface area contributed by atoms with Gasteiger partial charge >= 0.3 is 0 Å². The molecule has 0 saturated carbocycles. The lowest BCUT2D eigenvalue weighted by Gasteiger charge is -1.91. The summed E-state index contributed by atoms with van der Waals surface area (Å²) in [6.45, 7) is 0. The number of carbonyl (C=O) groups excluding carboxylic acids is 2. The van der Waals surface area contributed by atoms with Crippen LogP contribution in [0.15, 0.2) is 24.3 Å². The first-order valence-corrected chi connectivity index (χ1v) is 5.29. The van der Waals surface area contributed by atoms with Gasteiger partial charge in [-0.25, -0.2) is 0 Å². The second-order valence-electron chi connectivity index (χ2n) is 3.30. The lowest BCUT2D eigenvalue weighted by molar-refractivity contribution is -0.129. The van der Waals surface area contributed by atoms with Crippen molar-refractivity contribution in [2.45, 2.75) is 0 Å². The number of benzene rings is 1.